The Kier molecular flexibility index (Phi) is 6.22. The van der Waals surface area contributed by atoms with Gasteiger partial charge in [-0.2, -0.15) is 0 Å². The molecule has 2 aromatic rings. The molecule has 2 aromatic carbocycles. The third-order valence-electron chi connectivity index (χ3n) is 3.66. The van der Waals surface area contributed by atoms with Gasteiger partial charge in [-0.1, -0.05) is 43.7 Å². The average Bonchev–Trinajstić information content (AvgIpc) is 2.56. The van der Waals surface area contributed by atoms with E-state index in [0.29, 0.717) is 23.5 Å². The molecule has 0 aromatic heterocycles. The molecule has 0 unspecified atom stereocenters. The van der Waals surface area contributed by atoms with Crippen molar-refractivity contribution in [1.82, 2.24) is 0 Å². The molecule has 0 atom stereocenters. The normalized spacial score (nSPS) is 11.2. The van der Waals surface area contributed by atoms with Crippen LogP contribution in [0.2, 0.25) is 0 Å². The second-order valence-electron chi connectivity index (χ2n) is 5.87. The van der Waals surface area contributed by atoms with Gasteiger partial charge < -0.3 is 10.1 Å². The van der Waals surface area contributed by atoms with Crippen LogP contribution in [-0.4, -0.2) is 15.0 Å². The van der Waals surface area contributed by atoms with E-state index in [-0.39, 0.29) is 10.6 Å². The fourth-order valence-electron chi connectivity index (χ4n) is 2.30. The molecule has 0 bridgehead atoms. The number of nitrogens with one attached hydrogen (secondary N) is 1. The maximum Gasteiger partial charge on any atom is 0.241 e. The van der Waals surface area contributed by atoms with E-state index < -0.39 is 10.0 Å². The third kappa shape index (κ3) is 5.08. The Morgan fingerprint density at radius 2 is 1.92 bits per heavy atom. The zero-order valence-corrected chi connectivity index (χ0v) is 15.4. The molecule has 0 aliphatic rings. The molecule has 134 valence electrons. The Morgan fingerprint density at radius 3 is 2.48 bits per heavy atom. The van der Waals surface area contributed by atoms with Gasteiger partial charge in [0.1, 0.15) is 10.6 Å². The number of hydrogen-bond donors (Lipinski definition) is 2. The molecule has 0 spiro atoms. The van der Waals surface area contributed by atoms with Crippen LogP contribution < -0.4 is 15.2 Å². The molecule has 0 saturated heterocycles. The highest BCUT2D eigenvalue weighted by Crippen LogP contribution is 2.38. The van der Waals surface area contributed by atoms with Crippen LogP contribution in [0.5, 0.6) is 11.5 Å². The maximum absolute atomic E-state index is 12.1. The van der Waals surface area contributed by atoms with E-state index in [1.165, 1.54) is 6.07 Å². The Balaban J connectivity index is 2.59. The number of rotatable bonds is 8. The Bertz CT molecular complexity index is 846. The molecular formula is C19H24N2O3S. The molecule has 6 heteroatoms. The predicted molar refractivity (Wildman–Crippen MR) is 102 cm³/mol. The van der Waals surface area contributed by atoms with E-state index in [9.17, 15) is 8.42 Å². The molecule has 0 aliphatic heterocycles. The van der Waals surface area contributed by atoms with Crippen molar-refractivity contribution in [2.24, 2.45) is 5.14 Å². The van der Waals surface area contributed by atoms with Crippen molar-refractivity contribution in [3.8, 4) is 11.5 Å². The summed E-state index contributed by atoms with van der Waals surface area (Å²) >= 11 is 0. The van der Waals surface area contributed by atoms with Crippen LogP contribution >= 0.6 is 0 Å². The number of unbranched alkanes of at least 4 members (excludes halogenated alkanes) is 1. The second-order valence-corrected chi connectivity index (χ2v) is 7.40. The first-order valence-corrected chi connectivity index (χ1v) is 9.71. The van der Waals surface area contributed by atoms with Gasteiger partial charge in [-0.05, 0) is 43.2 Å². The zero-order valence-electron chi connectivity index (χ0n) is 14.6. The van der Waals surface area contributed by atoms with Gasteiger partial charge in [-0.15, -0.1) is 0 Å². The molecular weight excluding hydrogens is 336 g/mol. The number of benzene rings is 2. The highest BCUT2D eigenvalue weighted by molar-refractivity contribution is 7.89. The minimum absolute atomic E-state index is 0.0594. The van der Waals surface area contributed by atoms with Crippen LogP contribution in [0.1, 0.15) is 32.3 Å². The summed E-state index contributed by atoms with van der Waals surface area (Å²) in [6.45, 7) is 8.50. The van der Waals surface area contributed by atoms with Gasteiger partial charge in [-0.3, -0.25) is 0 Å². The first kappa shape index (κ1) is 19.0. The summed E-state index contributed by atoms with van der Waals surface area (Å²) in [6, 6.07) is 12.4. The lowest BCUT2D eigenvalue weighted by atomic mass is 10.1. The van der Waals surface area contributed by atoms with Crippen molar-refractivity contribution in [2.75, 3.05) is 11.9 Å². The quantitative estimate of drug-likeness (QED) is 0.685. The molecule has 2 rings (SSSR count). The Hall–Kier alpha value is -2.31. The molecule has 0 fully saturated rings. The lowest BCUT2D eigenvalue weighted by Gasteiger charge is -2.18. The molecule has 0 radical (unpaired) electrons. The lowest BCUT2D eigenvalue weighted by Crippen LogP contribution is -2.15. The van der Waals surface area contributed by atoms with E-state index in [1.807, 2.05) is 31.2 Å². The van der Waals surface area contributed by atoms with Crippen LogP contribution in [0.25, 0.3) is 5.57 Å². The number of allylic oxidation sites excluding steroid dienone is 1. The molecule has 0 saturated carbocycles. The van der Waals surface area contributed by atoms with Crippen LogP contribution in [0.3, 0.4) is 0 Å². The fourth-order valence-corrected chi connectivity index (χ4v) is 3.00. The zero-order chi connectivity index (χ0) is 18.4. The largest absolute Gasteiger partial charge is 0.454 e. The first-order valence-electron chi connectivity index (χ1n) is 8.16. The van der Waals surface area contributed by atoms with E-state index >= 15 is 0 Å². The number of nitrogens with two attached hydrogens (primary N) is 1. The number of ether oxygens (including phenoxy) is 1. The Labute approximate surface area is 149 Å². The van der Waals surface area contributed by atoms with Crippen molar-refractivity contribution in [3.63, 3.8) is 0 Å². The molecule has 0 amide bonds. The van der Waals surface area contributed by atoms with E-state index in [1.54, 1.807) is 12.1 Å². The van der Waals surface area contributed by atoms with Crippen LogP contribution in [0, 0.1) is 0 Å². The summed E-state index contributed by atoms with van der Waals surface area (Å²) < 4.78 is 30.2. The standard InChI is InChI=1S/C19H24N2O3S/c1-4-5-11-21-17-12-15(14(2)3)13-18(25(20,22)23)19(17)24-16-9-7-6-8-10-16/h6-10,12-13,21H,2,4-5,11H2,1,3H3,(H2,20,22,23). The smallest absolute Gasteiger partial charge is 0.241 e. The van der Waals surface area contributed by atoms with E-state index in [4.69, 9.17) is 9.88 Å². The highest BCUT2D eigenvalue weighted by Gasteiger charge is 2.21. The molecule has 0 aliphatic carbocycles. The first-order chi connectivity index (χ1) is 11.8. The van der Waals surface area contributed by atoms with Crippen molar-refractivity contribution in [3.05, 3.63) is 54.6 Å². The van der Waals surface area contributed by atoms with Gasteiger partial charge in [-0.25, -0.2) is 13.6 Å². The van der Waals surface area contributed by atoms with Gasteiger partial charge in [0.2, 0.25) is 10.0 Å². The monoisotopic (exact) mass is 360 g/mol. The van der Waals surface area contributed by atoms with Crippen molar-refractivity contribution < 1.29 is 13.2 Å². The summed E-state index contributed by atoms with van der Waals surface area (Å²) in [4.78, 5) is -0.0594. The summed E-state index contributed by atoms with van der Waals surface area (Å²) in [5, 5.41) is 8.69. The SMILES string of the molecule is C=C(C)c1cc(NCCCC)c(Oc2ccccc2)c(S(N)(=O)=O)c1. The summed E-state index contributed by atoms with van der Waals surface area (Å²) in [6.07, 6.45) is 1.97. The lowest BCUT2D eigenvalue weighted by molar-refractivity contribution is 0.469. The van der Waals surface area contributed by atoms with Gasteiger partial charge in [0.05, 0.1) is 5.69 Å². The fraction of sp³-hybridized carbons (Fsp3) is 0.263. The molecule has 0 heterocycles. The van der Waals surface area contributed by atoms with Crippen molar-refractivity contribution in [2.45, 2.75) is 31.6 Å². The highest BCUT2D eigenvalue weighted by atomic mass is 32.2. The van der Waals surface area contributed by atoms with E-state index in [0.717, 1.165) is 18.4 Å². The van der Waals surface area contributed by atoms with Crippen molar-refractivity contribution in [1.29, 1.82) is 0 Å². The van der Waals surface area contributed by atoms with Crippen LogP contribution in [0.15, 0.2) is 53.9 Å². The minimum Gasteiger partial charge on any atom is -0.454 e. The molecule has 25 heavy (non-hydrogen) atoms. The van der Waals surface area contributed by atoms with Gasteiger partial charge >= 0.3 is 0 Å². The summed E-state index contributed by atoms with van der Waals surface area (Å²) in [5.74, 6) is 0.740. The number of sulfonamides is 1. The van der Waals surface area contributed by atoms with Crippen LogP contribution in [-0.2, 0) is 10.0 Å². The second kappa shape index (κ2) is 8.18. The topological polar surface area (TPSA) is 81.4 Å². The van der Waals surface area contributed by atoms with Gasteiger partial charge in [0, 0.05) is 6.54 Å². The summed E-state index contributed by atoms with van der Waals surface area (Å²) in [7, 11) is -3.97. The Morgan fingerprint density at radius 1 is 1.24 bits per heavy atom. The van der Waals surface area contributed by atoms with Crippen LogP contribution in [0.4, 0.5) is 5.69 Å². The number of para-hydroxylation sites is 1. The van der Waals surface area contributed by atoms with Crippen molar-refractivity contribution >= 4 is 21.3 Å². The van der Waals surface area contributed by atoms with Gasteiger partial charge in [0.15, 0.2) is 5.75 Å². The number of anilines is 1. The van der Waals surface area contributed by atoms with E-state index in [2.05, 4.69) is 18.8 Å². The number of hydrogen-bond acceptors (Lipinski definition) is 4. The predicted octanol–water partition coefficient (Wildman–Crippen LogP) is 4.37. The average molecular weight is 360 g/mol. The third-order valence-corrected chi connectivity index (χ3v) is 4.58. The molecule has 3 N–H and O–H groups in total. The summed E-state index contributed by atoms with van der Waals surface area (Å²) in [5.41, 5.74) is 2.03. The minimum atomic E-state index is -3.97. The maximum atomic E-state index is 12.1. The molecule has 5 nitrogen and oxygen atoms in total. The number of primary sulfonamides is 1. The van der Waals surface area contributed by atoms with Gasteiger partial charge in [0.25, 0.3) is 0 Å².